The minimum Gasteiger partial charge on any atom is -0.332 e. The van der Waals surface area contributed by atoms with E-state index >= 15 is 0 Å². The van der Waals surface area contributed by atoms with Crippen LogP contribution in [0.15, 0.2) is 24.8 Å². The fraction of sp³-hybridized carbons (Fsp3) is 0.538. The van der Waals surface area contributed by atoms with Crippen LogP contribution >= 0.6 is 0 Å². The van der Waals surface area contributed by atoms with Gasteiger partial charge in [-0.25, -0.2) is 13.8 Å². The summed E-state index contributed by atoms with van der Waals surface area (Å²) in [7, 11) is 0. The summed E-state index contributed by atoms with van der Waals surface area (Å²) in [6.45, 7) is 3.24. The zero-order chi connectivity index (χ0) is 13.7. The van der Waals surface area contributed by atoms with E-state index in [1.165, 1.54) is 10.4 Å². The standard InChI is InChI=1S/C13H15F2N5/c14-13(15)5-12(13)20-10(1-2-17-20)7-18-3-4-19-9-16-6-11(19)8-18/h1-2,6,9,12H,3-5,7-8H2. The molecule has 3 heterocycles. The highest BCUT2D eigenvalue weighted by atomic mass is 19.3. The highest BCUT2D eigenvalue weighted by Gasteiger charge is 2.59. The van der Waals surface area contributed by atoms with Crippen molar-refractivity contribution in [3.8, 4) is 0 Å². The average Bonchev–Trinajstić information content (AvgIpc) is 2.85. The van der Waals surface area contributed by atoms with Gasteiger partial charge in [-0.2, -0.15) is 5.10 Å². The summed E-state index contributed by atoms with van der Waals surface area (Å²) in [6.07, 6.45) is 5.21. The van der Waals surface area contributed by atoms with Gasteiger partial charge in [-0.15, -0.1) is 0 Å². The first-order valence-electron chi connectivity index (χ1n) is 6.75. The summed E-state index contributed by atoms with van der Waals surface area (Å²) in [5, 5.41) is 4.07. The number of alkyl halides is 2. The van der Waals surface area contributed by atoms with Crippen molar-refractivity contribution in [1.82, 2.24) is 24.2 Å². The number of fused-ring (bicyclic) bond motifs is 1. The number of nitrogens with zero attached hydrogens (tertiary/aromatic N) is 5. The quantitative estimate of drug-likeness (QED) is 0.858. The van der Waals surface area contributed by atoms with Crippen molar-refractivity contribution in [2.75, 3.05) is 6.54 Å². The molecule has 2 aromatic rings. The summed E-state index contributed by atoms with van der Waals surface area (Å²) in [4.78, 5) is 6.37. The Morgan fingerprint density at radius 1 is 1.35 bits per heavy atom. The second-order valence-electron chi connectivity index (χ2n) is 5.54. The Bertz CT molecular complexity index is 632. The highest BCUT2D eigenvalue weighted by Crippen LogP contribution is 2.52. The Morgan fingerprint density at radius 3 is 3.00 bits per heavy atom. The molecule has 0 bridgehead atoms. The fourth-order valence-electron chi connectivity index (χ4n) is 2.81. The van der Waals surface area contributed by atoms with Gasteiger partial charge in [0.15, 0.2) is 0 Å². The predicted molar refractivity (Wildman–Crippen MR) is 67.2 cm³/mol. The average molecular weight is 279 g/mol. The molecule has 20 heavy (non-hydrogen) atoms. The zero-order valence-electron chi connectivity index (χ0n) is 10.9. The number of hydrogen-bond acceptors (Lipinski definition) is 3. The lowest BCUT2D eigenvalue weighted by atomic mass is 10.3. The first kappa shape index (κ1) is 12.0. The van der Waals surface area contributed by atoms with Crippen LogP contribution in [-0.4, -0.2) is 36.7 Å². The molecule has 1 aliphatic carbocycles. The Hall–Kier alpha value is -1.76. The summed E-state index contributed by atoms with van der Waals surface area (Å²) < 4.78 is 30.0. The third-order valence-corrected chi connectivity index (χ3v) is 4.07. The minimum atomic E-state index is -2.58. The lowest BCUT2D eigenvalue weighted by Crippen LogP contribution is -2.33. The molecule has 1 atom stereocenters. The second kappa shape index (κ2) is 4.12. The molecule has 1 fully saturated rings. The van der Waals surface area contributed by atoms with Crippen LogP contribution in [0.4, 0.5) is 8.78 Å². The monoisotopic (exact) mass is 279 g/mol. The Balaban J connectivity index is 1.50. The van der Waals surface area contributed by atoms with Gasteiger partial charge in [0.05, 0.1) is 17.7 Å². The third-order valence-electron chi connectivity index (χ3n) is 4.07. The van der Waals surface area contributed by atoms with E-state index in [2.05, 4.69) is 19.5 Å². The van der Waals surface area contributed by atoms with E-state index in [1.807, 2.05) is 18.6 Å². The van der Waals surface area contributed by atoms with Gasteiger partial charge in [-0.1, -0.05) is 0 Å². The Labute approximate surface area is 114 Å². The smallest absolute Gasteiger partial charge is 0.272 e. The van der Waals surface area contributed by atoms with Crippen molar-refractivity contribution < 1.29 is 8.78 Å². The number of imidazole rings is 1. The van der Waals surface area contributed by atoms with E-state index in [4.69, 9.17) is 0 Å². The summed E-state index contributed by atoms with van der Waals surface area (Å²) in [5.41, 5.74) is 2.03. The van der Waals surface area contributed by atoms with Crippen LogP contribution in [0.2, 0.25) is 0 Å². The van der Waals surface area contributed by atoms with Crippen LogP contribution in [0.1, 0.15) is 23.9 Å². The minimum absolute atomic E-state index is 0.0888. The number of rotatable bonds is 3. The highest BCUT2D eigenvalue weighted by molar-refractivity contribution is 5.10. The van der Waals surface area contributed by atoms with Gasteiger partial charge < -0.3 is 4.57 Å². The van der Waals surface area contributed by atoms with Gasteiger partial charge in [0.2, 0.25) is 0 Å². The molecule has 0 aromatic carbocycles. The van der Waals surface area contributed by atoms with Crippen LogP contribution in [-0.2, 0) is 19.6 Å². The third kappa shape index (κ3) is 1.93. The first-order chi connectivity index (χ1) is 9.63. The molecule has 4 rings (SSSR count). The van der Waals surface area contributed by atoms with Gasteiger partial charge in [-0.05, 0) is 6.07 Å². The van der Waals surface area contributed by atoms with Crippen LogP contribution in [0.5, 0.6) is 0 Å². The van der Waals surface area contributed by atoms with E-state index in [0.29, 0.717) is 6.54 Å². The van der Waals surface area contributed by atoms with E-state index in [-0.39, 0.29) is 6.42 Å². The fourth-order valence-corrected chi connectivity index (χ4v) is 2.81. The molecule has 0 N–H and O–H groups in total. The summed E-state index contributed by atoms with van der Waals surface area (Å²) in [6, 6.07) is 1.09. The largest absolute Gasteiger partial charge is 0.332 e. The van der Waals surface area contributed by atoms with Gasteiger partial charge in [0, 0.05) is 45.0 Å². The molecule has 1 aliphatic heterocycles. The Kier molecular flexibility index (Phi) is 2.47. The normalized spacial score (nSPS) is 24.6. The molecular formula is C13H15F2N5. The zero-order valence-corrected chi connectivity index (χ0v) is 10.9. The molecule has 7 heteroatoms. The molecule has 2 aliphatic rings. The van der Waals surface area contributed by atoms with Crippen LogP contribution in [0.25, 0.3) is 0 Å². The van der Waals surface area contributed by atoms with Crippen molar-refractivity contribution in [3.05, 3.63) is 36.2 Å². The van der Waals surface area contributed by atoms with Gasteiger partial charge in [0.1, 0.15) is 6.04 Å². The molecule has 1 saturated carbocycles. The van der Waals surface area contributed by atoms with Crippen molar-refractivity contribution >= 4 is 0 Å². The van der Waals surface area contributed by atoms with Crippen LogP contribution in [0.3, 0.4) is 0 Å². The van der Waals surface area contributed by atoms with Crippen molar-refractivity contribution in [2.24, 2.45) is 0 Å². The maximum Gasteiger partial charge on any atom is 0.272 e. The summed E-state index contributed by atoms with van der Waals surface area (Å²) in [5.74, 6) is -2.58. The van der Waals surface area contributed by atoms with Crippen molar-refractivity contribution in [3.63, 3.8) is 0 Å². The molecule has 5 nitrogen and oxygen atoms in total. The van der Waals surface area contributed by atoms with E-state index in [9.17, 15) is 8.78 Å². The molecule has 1 unspecified atom stereocenters. The summed E-state index contributed by atoms with van der Waals surface area (Å²) >= 11 is 0. The SMILES string of the molecule is FC1(F)CC1n1nccc1CN1CCn2cncc2C1. The maximum atomic E-state index is 13.2. The molecule has 0 saturated heterocycles. The lowest BCUT2D eigenvalue weighted by molar-refractivity contribution is 0.0965. The maximum absolute atomic E-state index is 13.2. The molecular weight excluding hydrogens is 264 g/mol. The van der Waals surface area contributed by atoms with Gasteiger partial charge in [0.25, 0.3) is 5.92 Å². The number of halogens is 2. The van der Waals surface area contributed by atoms with Gasteiger partial charge >= 0.3 is 0 Å². The molecule has 0 amide bonds. The second-order valence-corrected chi connectivity index (χ2v) is 5.54. The number of aromatic nitrogens is 4. The van der Waals surface area contributed by atoms with Gasteiger partial charge in [-0.3, -0.25) is 9.58 Å². The van der Waals surface area contributed by atoms with E-state index in [1.54, 1.807) is 6.20 Å². The van der Waals surface area contributed by atoms with Crippen molar-refractivity contribution in [2.45, 2.75) is 38.0 Å². The predicted octanol–water partition coefficient (Wildman–Crippen LogP) is 1.68. The topological polar surface area (TPSA) is 38.9 Å². The van der Waals surface area contributed by atoms with Crippen LogP contribution in [0, 0.1) is 0 Å². The first-order valence-corrected chi connectivity index (χ1v) is 6.75. The van der Waals surface area contributed by atoms with E-state index in [0.717, 1.165) is 25.3 Å². The molecule has 0 spiro atoms. The lowest BCUT2D eigenvalue weighted by Gasteiger charge is -2.28. The molecule has 2 aromatic heterocycles. The van der Waals surface area contributed by atoms with Crippen LogP contribution < -0.4 is 0 Å². The number of hydrogen-bond donors (Lipinski definition) is 0. The molecule has 106 valence electrons. The van der Waals surface area contributed by atoms with E-state index < -0.39 is 12.0 Å². The Morgan fingerprint density at radius 2 is 2.20 bits per heavy atom. The molecule has 0 radical (unpaired) electrons. The van der Waals surface area contributed by atoms with Crippen molar-refractivity contribution in [1.29, 1.82) is 0 Å².